The highest BCUT2D eigenvalue weighted by Gasteiger charge is 2.24. The maximum Gasteiger partial charge on any atom is 0.274 e. The van der Waals surface area contributed by atoms with Crippen LogP contribution in [-0.4, -0.2) is 58.0 Å². The SMILES string of the molecule is CC(=O)N1CCN(C(=O)c2ccc(Nc3cc(Cl)ccc3Cl)nn2)CC1. The van der Waals surface area contributed by atoms with Gasteiger partial charge in [-0.1, -0.05) is 23.2 Å². The van der Waals surface area contributed by atoms with Crippen molar-refractivity contribution in [1.82, 2.24) is 20.0 Å². The Bertz CT molecular complexity index is 820. The first-order chi connectivity index (χ1) is 12.4. The van der Waals surface area contributed by atoms with Crippen molar-refractivity contribution in [2.24, 2.45) is 0 Å². The van der Waals surface area contributed by atoms with Crippen molar-refractivity contribution in [3.63, 3.8) is 0 Å². The van der Waals surface area contributed by atoms with Gasteiger partial charge in [0, 0.05) is 38.1 Å². The molecular weight excluding hydrogens is 377 g/mol. The van der Waals surface area contributed by atoms with Crippen molar-refractivity contribution in [1.29, 1.82) is 0 Å². The molecular formula is C17H17Cl2N5O2. The van der Waals surface area contributed by atoms with Crippen LogP contribution in [0.5, 0.6) is 0 Å². The molecule has 0 unspecified atom stereocenters. The number of hydrogen-bond donors (Lipinski definition) is 1. The number of nitrogens with one attached hydrogen (secondary N) is 1. The molecule has 0 bridgehead atoms. The van der Waals surface area contributed by atoms with Gasteiger partial charge in [-0.2, -0.15) is 0 Å². The van der Waals surface area contributed by atoms with Crippen LogP contribution in [0.25, 0.3) is 0 Å². The smallest absolute Gasteiger partial charge is 0.274 e. The summed E-state index contributed by atoms with van der Waals surface area (Å²) >= 11 is 12.1. The maximum absolute atomic E-state index is 12.5. The predicted molar refractivity (Wildman–Crippen MR) is 99.9 cm³/mol. The van der Waals surface area contributed by atoms with E-state index >= 15 is 0 Å². The second-order valence-corrected chi connectivity index (χ2v) is 6.69. The van der Waals surface area contributed by atoms with Crippen LogP contribution >= 0.6 is 23.2 Å². The van der Waals surface area contributed by atoms with Crippen LogP contribution < -0.4 is 5.32 Å². The molecule has 2 amide bonds. The number of anilines is 2. The third kappa shape index (κ3) is 4.23. The summed E-state index contributed by atoms with van der Waals surface area (Å²) in [7, 11) is 0. The Morgan fingerprint density at radius 1 is 1.00 bits per heavy atom. The number of carbonyl (C=O) groups is 2. The number of halogens is 2. The van der Waals surface area contributed by atoms with Crippen LogP contribution in [0.4, 0.5) is 11.5 Å². The van der Waals surface area contributed by atoms with Gasteiger partial charge in [0.25, 0.3) is 5.91 Å². The van der Waals surface area contributed by atoms with Crippen molar-refractivity contribution in [2.45, 2.75) is 6.92 Å². The average molecular weight is 394 g/mol. The fraction of sp³-hybridized carbons (Fsp3) is 0.294. The minimum Gasteiger partial charge on any atom is -0.339 e. The van der Waals surface area contributed by atoms with Crippen LogP contribution in [0.3, 0.4) is 0 Å². The highest BCUT2D eigenvalue weighted by Crippen LogP contribution is 2.27. The zero-order valence-electron chi connectivity index (χ0n) is 14.1. The molecule has 1 aliphatic heterocycles. The molecule has 0 saturated carbocycles. The minimum absolute atomic E-state index is 0.0204. The molecule has 0 spiro atoms. The Labute approximate surface area is 160 Å². The lowest BCUT2D eigenvalue weighted by Gasteiger charge is -2.33. The summed E-state index contributed by atoms with van der Waals surface area (Å²) in [6.45, 7) is 3.56. The van der Waals surface area contributed by atoms with Crippen molar-refractivity contribution in [3.8, 4) is 0 Å². The molecule has 0 aliphatic carbocycles. The van der Waals surface area contributed by atoms with E-state index in [2.05, 4.69) is 15.5 Å². The molecule has 2 heterocycles. The van der Waals surface area contributed by atoms with Gasteiger partial charge in [0.1, 0.15) is 0 Å². The number of piperazine rings is 1. The molecule has 1 N–H and O–H groups in total. The summed E-state index contributed by atoms with van der Waals surface area (Å²) < 4.78 is 0. The fourth-order valence-corrected chi connectivity index (χ4v) is 2.97. The number of aromatic nitrogens is 2. The number of hydrogen-bond acceptors (Lipinski definition) is 5. The minimum atomic E-state index is -0.201. The molecule has 7 nitrogen and oxygen atoms in total. The topological polar surface area (TPSA) is 78.4 Å². The van der Waals surface area contributed by atoms with Gasteiger partial charge in [-0.15, -0.1) is 10.2 Å². The normalized spacial score (nSPS) is 14.3. The first-order valence-electron chi connectivity index (χ1n) is 8.04. The summed E-state index contributed by atoms with van der Waals surface area (Å²) in [5.74, 6) is 0.271. The van der Waals surface area contributed by atoms with E-state index in [9.17, 15) is 9.59 Å². The van der Waals surface area contributed by atoms with E-state index in [-0.39, 0.29) is 17.5 Å². The second kappa shape index (κ2) is 7.88. The largest absolute Gasteiger partial charge is 0.339 e. The Morgan fingerprint density at radius 3 is 2.31 bits per heavy atom. The predicted octanol–water partition coefficient (Wildman–Crippen LogP) is 2.83. The number of nitrogens with zero attached hydrogens (tertiary/aromatic N) is 4. The number of carbonyl (C=O) groups excluding carboxylic acids is 2. The standard InChI is InChI=1S/C17H17Cl2N5O2/c1-11(25)23-6-8-24(9-7-23)17(26)14-4-5-16(22-21-14)20-15-10-12(18)2-3-13(15)19/h2-5,10H,6-9H2,1H3,(H,20,22). The Kier molecular flexibility index (Phi) is 5.58. The molecule has 26 heavy (non-hydrogen) atoms. The summed E-state index contributed by atoms with van der Waals surface area (Å²) in [4.78, 5) is 27.2. The third-order valence-electron chi connectivity index (χ3n) is 4.09. The van der Waals surface area contributed by atoms with E-state index in [0.717, 1.165) is 0 Å². The molecule has 0 atom stereocenters. The fourth-order valence-electron chi connectivity index (χ4n) is 2.63. The van der Waals surface area contributed by atoms with Crippen LogP contribution in [0, 0.1) is 0 Å². The molecule has 0 radical (unpaired) electrons. The Balaban J connectivity index is 1.65. The quantitative estimate of drug-likeness (QED) is 0.866. The van der Waals surface area contributed by atoms with Crippen molar-refractivity contribution in [3.05, 3.63) is 46.1 Å². The van der Waals surface area contributed by atoms with Crippen molar-refractivity contribution in [2.75, 3.05) is 31.5 Å². The van der Waals surface area contributed by atoms with Gasteiger partial charge in [-0.05, 0) is 30.3 Å². The highest BCUT2D eigenvalue weighted by atomic mass is 35.5. The van der Waals surface area contributed by atoms with E-state index in [1.807, 2.05) is 0 Å². The summed E-state index contributed by atoms with van der Waals surface area (Å²) in [6, 6.07) is 8.31. The van der Waals surface area contributed by atoms with Gasteiger partial charge < -0.3 is 15.1 Å². The third-order valence-corrected chi connectivity index (χ3v) is 4.65. The number of rotatable bonds is 3. The monoisotopic (exact) mass is 393 g/mol. The van der Waals surface area contributed by atoms with E-state index in [1.54, 1.807) is 40.1 Å². The molecule has 1 aromatic heterocycles. The van der Waals surface area contributed by atoms with Crippen molar-refractivity contribution < 1.29 is 9.59 Å². The first-order valence-corrected chi connectivity index (χ1v) is 8.80. The van der Waals surface area contributed by atoms with E-state index in [1.165, 1.54) is 6.92 Å². The molecule has 9 heteroatoms. The summed E-state index contributed by atoms with van der Waals surface area (Å²) in [5, 5.41) is 12.1. The summed E-state index contributed by atoms with van der Waals surface area (Å²) in [5.41, 5.74) is 0.858. The van der Waals surface area contributed by atoms with Gasteiger partial charge in [0.2, 0.25) is 5.91 Å². The lowest BCUT2D eigenvalue weighted by Crippen LogP contribution is -2.50. The molecule has 1 saturated heterocycles. The zero-order valence-corrected chi connectivity index (χ0v) is 15.6. The molecule has 1 fully saturated rings. The average Bonchev–Trinajstić information content (AvgIpc) is 2.65. The van der Waals surface area contributed by atoms with Crippen molar-refractivity contribution >= 4 is 46.5 Å². The highest BCUT2D eigenvalue weighted by molar-refractivity contribution is 6.35. The maximum atomic E-state index is 12.5. The van der Waals surface area contributed by atoms with Gasteiger partial charge in [-0.25, -0.2) is 0 Å². The van der Waals surface area contributed by atoms with Crippen LogP contribution in [-0.2, 0) is 4.79 Å². The molecule has 2 aromatic rings. The Morgan fingerprint density at radius 2 is 1.69 bits per heavy atom. The second-order valence-electron chi connectivity index (χ2n) is 5.85. The summed E-state index contributed by atoms with van der Waals surface area (Å²) in [6.07, 6.45) is 0. The molecule has 1 aromatic carbocycles. The van der Waals surface area contributed by atoms with Crippen LogP contribution in [0.1, 0.15) is 17.4 Å². The molecule has 1 aliphatic rings. The zero-order chi connectivity index (χ0) is 18.7. The number of amides is 2. The first kappa shape index (κ1) is 18.4. The van der Waals surface area contributed by atoms with E-state index in [0.29, 0.717) is 47.7 Å². The van der Waals surface area contributed by atoms with Gasteiger partial charge in [0.05, 0.1) is 10.7 Å². The van der Waals surface area contributed by atoms with Crippen LogP contribution in [0.2, 0.25) is 10.0 Å². The lowest BCUT2D eigenvalue weighted by atomic mass is 10.2. The molecule has 3 rings (SSSR count). The Hall–Kier alpha value is -2.38. The molecule has 136 valence electrons. The lowest BCUT2D eigenvalue weighted by molar-refractivity contribution is -0.130. The van der Waals surface area contributed by atoms with E-state index in [4.69, 9.17) is 23.2 Å². The van der Waals surface area contributed by atoms with Gasteiger partial charge >= 0.3 is 0 Å². The van der Waals surface area contributed by atoms with Crippen LogP contribution in [0.15, 0.2) is 30.3 Å². The van der Waals surface area contributed by atoms with E-state index < -0.39 is 0 Å². The van der Waals surface area contributed by atoms with Gasteiger partial charge in [-0.3, -0.25) is 9.59 Å². The number of benzene rings is 1. The van der Waals surface area contributed by atoms with Gasteiger partial charge in [0.15, 0.2) is 11.5 Å².